The molecule has 0 aromatic heterocycles. The van der Waals surface area contributed by atoms with Crippen LogP contribution >= 0.6 is 0 Å². The number of likely N-dealkylation sites (tertiary alicyclic amines) is 1. The van der Waals surface area contributed by atoms with E-state index in [-0.39, 0.29) is 29.8 Å². The zero-order valence-corrected chi connectivity index (χ0v) is 16.7. The molecular weight excluding hydrogens is 353 g/mol. The van der Waals surface area contributed by atoms with Crippen molar-refractivity contribution in [2.24, 2.45) is 5.92 Å². The van der Waals surface area contributed by atoms with Gasteiger partial charge in [0.15, 0.2) is 0 Å². The summed E-state index contributed by atoms with van der Waals surface area (Å²) in [6, 6.07) is 16.7. The van der Waals surface area contributed by atoms with E-state index in [4.69, 9.17) is 0 Å². The number of piperidine rings is 1. The second-order valence-electron chi connectivity index (χ2n) is 7.93. The average Bonchev–Trinajstić information content (AvgIpc) is 2.69. The van der Waals surface area contributed by atoms with E-state index in [2.05, 4.69) is 53.6 Å². The van der Waals surface area contributed by atoms with Crippen molar-refractivity contribution < 1.29 is 9.18 Å². The van der Waals surface area contributed by atoms with Crippen molar-refractivity contribution in [3.8, 4) is 0 Å². The molecule has 0 bridgehead atoms. The van der Waals surface area contributed by atoms with Crippen molar-refractivity contribution in [1.29, 1.82) is 0 Å². The molecule has 2 N–H and O–H groups in total. The average molecular weight is 384 g/mol. The number of hydrogen-bond acceptors (Lipinski definition) is 2. The third-order valence-electron chi connectivity index (χ3n) is 5.35. The first-order valence-electron chi connectivity index (χ1n) is 10.1. The number of carbonyl (C=O) groups excluding carboxylic acids is 1. The fraction of sp³-hybridized carbons (Fsp3) is 0.435. The highest BCUT2D eigenvalue weighted by atomic mass is 19.1. The highest BCUT2D eigenvalue weighted by molar-refractivity contribution is 5.74. The number of halogens is 1. The van der Waals surface area contributed by atoms with Crippen molar-refractivity contribution in [2.45, 2.75) is 45.3 Å². The number of nitrogens with one attached hydrogen (secondary N) is 2. The quantitative estimate of drug-likeness (QED) is 0.772. The molecular formula is C23H30FN3O. The largest absolute Gasteiger partial charge is 0.335 e. The lowest BCUT2D eigenvalue weighted by molar-refractivity contribution is 0.184. The minimum atomic E-state index is -0.266. The molecule has 150 valence electrons. The zero-order valence-electron chi connectivity index (χ0n) is 16.7. The maximum Gasteiger partial charge on any atom is 0.315 e. The van der Waals surface area contributed by atoms with Gasteiger partial charge in [0.2, 0.25) is 0 Å². The van der Waals surface area contributed by atoms with Crippen LogP contribution in [0, 0.1) is 11.7 Å². The Morgan fingerprint density at radius 1 is 1.07 bits per heavy atom. The molecule has 1 atom stereocenters. The van der Waals surface area contributed by atoms with Crippen LogP contribution in [0.3, 0.4) is 0 Å². The normalized spacial score (nSPS) is 16.7. The van der Waals surface area contributed by atoms with Gasteiger partial charge in [-0.1, -0.05) is 56.3 Å². The fourth-order valence-electron chi connectivity index (χ4n) is 3.75. The molecule has 0 radical (unpaired) electrons. The second kappa shape index (κ2) is 9.69. The van der Waals surface area contributed by atoms with Gasteiger partial charge in [-0.25, -0.2) is 9.18 Å². The Bertz CT molecular complexity index is 740. The molecule has 1 fully saturated rings. The van der Waals surface area contributed by atoms with Gasteiger partial charge in [0, 0.05) is 25.7 Å². The smallest absolute Gasteiger partial charge is 0.315 e. The van der Waals surface area contributed by atoms with Gasteiger partial charge in [-0.05, 0) is 42.0 Å². The summed E-state index contributed by atoms with van der Waals surface area (Å²) < 4.78 is 13.2. The molecule has 0 aliphatic carbocycles. The molecule has 1 aliphatic heterocycles. The van der Waals surface area contributed by atoms with Crippen LogP contribution in [-0.2, 0) is 6.54 Å². The molecule has 2 aromatic carbocycles. The van der Waals surface area contributed by atoms with E-state index in [1.54, 1.807) is 12.1 Å². The first kappa shape index (κ1) is 20.3. The van der Waals surface area contributed by atoms with E-state index >= 15 is 0 Å². The van der Waals surface area contributed by atoms with Crippen LogP contribution in [-0.4, -0.2) is 30.1 Å². The monoisotopic (exact) mass is 383 g/mol. The van der Waals surface area contributed by atoms with E-state index in [1.807, 2.05) is 6.07 Å². The SMILES string of the molecule is CC(C)[C@@H](NC(=O)NC1CCN(Cc2ccccc2)CC1)c1ccc(F)cc1. The van der Waals surface area contributed by atoms with Gasteiger partial charge in [0.1, 0.15) is 5.82 Å². The Kier molecular flexibility index (Phi) is 7.04. The van der Waals surface area contributed by atoms with Crippen LogP contribution in [0.1, 0.15) is 43.9 Å². The van der Waals surface area contributed by atoms with E-state index in [1.165, 1.54) is 17.7 Å². The van der Waals surface area contributed by atoms with Crippen molar-refractivity contribution in [2.75, 3.05) is 13.1 Å². The lowest BCUT2D eigenvalue weighted by Crippen LogP contribution is -2.48. The summed E-state index contributed by atoms with van der Waals surface area (Å²) in [5.41, 5.74) is 2.25. The molecule has 0 spiro atoms. The predicted molar refractivity (Wildman–Crippen MR) is 110 cm³/mol. The van der Waals surface area contributed by atoms with E-state index in [0.29, 0.717) is 0 Å². The molecule has 28 heavy (non-hydrogen) atoms. The topological polar surface area (TPSA) is 44.4 Å². The summed E-state index contributed by atoms with van der Waals surface area (Å²) in [4.78, 5) is 15.0. The van der Waals surface area contributed by atoms with Gasteiger partial charge in [0.25, 0.3) is 0 Å². The fourth-order valence-corrected chi connectivity index (χ4v) is 3.75. The standard InChI is InChI=1S/C23H30FN3O/c1-17(2)22(19-8-10-20(24)11-9-19)26-23(28)25-21-12-14-27(15-13-21)16-18-6-4-3-5-7-18/h3-11,17,21-22H,12-16H2,1-2H3,(H2,25,26,28)/t22-/m1/s1. The Balaban J connectivity index is 1.47. The van der Waals surface area contributed by atoms with Gasteiger partial charge < -0.3 is 10.6 Å². The molecule has 3 rings (SSSR count). The minimum Gasteiger partial charge on any atom is -0.335 e. The molecule has 2 aromatic rings. The highest BCUT2D eigenvalue weighted by Gasteiger charge is 2.23. The van der Waals surface area contributed by atoms with Crippen LogP contribution in [0.4, 0.5) is 9.18 Å². The van der Waals surface area contributed by atoms with Crippen LogP contribution in [0.25, 0.3) is 0 Å². The van der Waals surface area contributed by atoms with Crippen LogP contribution in [0.2, 0.25) is 0 Å². The molecule has 1 heterocycles. The lowest BCUT2D eigenvalue weighted by Gasteiger charge is -2.33. The van der Waals surface area contributed by atoms with Gasteiger partial charge >= 0.3 is 6.03 Å². The van der Waals surface area contributed by atoms with Crippen molar-refractivity contribution >= 4 is 6.03 Å². The first-order valence-corrected chi connectivity index (χ1v) is 10.1. The van der Waals surface area contributed by atoms with Crippen LogP contribution in [0.5, 0.6) is 0 Å². The summed E-state index contributed by atoms with van der Waals surface area (Å²) in [5, 5.41) is 6.18. The molecule has 1 aliphatic rings. The maximum absolute atomic E-state index is 13.2. The van der Waals surface area contributed by atoms with E-state index in [9.17, 15) is 9.18 Å². The molecule has 5 heteroatoms. The number of urea groups is 1. The summed E-state index contributed by atoms with van der Waals surface area (Å²) >= 11 is 0. The van der Waals surface area contributed by atoms with Crippen molar-refractivity contribution in [3.05, 3.63) is 71.5 Å². The van der Waals surface area contributed by atoms with E-state index in [0.717, 1.165) is 38.0 Å². The summed E-state index contributed by atoms with van der Waals surface area (Å²) in [6.07, 6.45) is 1.90. The number of carbonyl (C=O) groups is 1. The number of rotatable bonds is 6. The molecule has 4 nitrogen and oxygen atoms in total. The van der Waals surface area contributed by atoms with Gasteiger partial charge in [0.05, 0.1) is 6.04 Å². The number of benzene rings is 2. The first-order chi connectivity index (χ1) is 13.5. The third-order valence-corrected chi connectivity index (χ3v) is 5.35. The predicted octanol–water partition coefficient (Wildman–Crippen LogP) is 4.49. The maximum atomic E-state index is 13.2. The Labute approximate surface area is 167 Å². The van der Waals surface area contributed by atoms with Crippen LogP contribution in [0.15, 0.2) is 54.6 Å². The van der Waals surface area contributed by atoms with Crippen LogP contribution < -0.4 is 10.6 Å². The minimum absolute atomic E-state index is 0.140. The number of hydrogen-bond donors (Lipinski definition) is 2. The molecule has 0 unspecified atom stereocenters. The molecule has 0 saturated carbocycles. The highest BCUT2D eigenvalue weighted by Crippen LogP contribution is 2.22. The van der Waals surface area contributed by atoms with Gasteiger partial charge in [-0.2, -0.15) is 0 Å². The summed E-state index contributed by atoms with van der Waals surface area (Å²) in [6.45, 7) is 7.02. The number of amides is 2. The van der Waals surface area contributed by atoms with Gasteiger partial charge in [-0.15, -0.1) is 0 Å². The Hall–Kier alpha value is -2.40. The Morgan fingerprint density at radius 3 is 2.32 bits per heavy atom. The molecule has 2 amide bonds. The van der Waals surface area contributed by atoms with Crippen molar-refractivity contribution in [3.63, 3.8) is 0 Å². The number of nitrogens with zero attached hydrogens (tertiary/aromatic N) is 1. The Morgan fingerprint density at radius 2 is 1.71 bits per heavy atom. The van der Waals surface area contributed by atoms with Crippen molar-refractivity contribution in [1.82, 2.24) is 15.5 Å². The van der Waals surface area contributed by atoms with E-state index < -0.39 is 0 Å². The van der Waals surface area contributed by atoms with Gasteiger partial charge in [-0.3, -0.25) is 4.90 Å². The zero-order chi connectivity index (χ0) is 19.9. The third kappa shape index (κ3) is 5.80. The summed E-state index contributed by atoms with van der Waals surface area (Å²) in [7, 11) is 0. The summed E-state index contributed by atoms with van der Waals surface area (Å²) in [5.74, 6) is -0.0538. The second-order valence-corrected chi connectivity index (χ2v) is 7.93. The molecule has 1 saturated heterocycles. The lowest BCUT2D eigenvalue weighted by atomic mass is 9.96.